The first kappa shape index (κ1) is 38.7. The first-order valence-electron chi connectivity index (χ1n) is 23.1. The molecule has 0 spiro atoms. The molecule has 0 aliphatic heterocycles. The Hall–Kier alpha value is -8.72. The molecule has 0 amide bonds. The van der Waals surface area contributed by atoms with Gasteiger partial charge in [-0.15, -0.1) is 0 Å². The van der Waals surface area contributed by atoms with Crippen molar-refractivity contribution in [3.63, 3.8) is 0 Å². The SMILES string of the molecule is c1ccc(-c2ccc(N(c3ccc(-c4ccc5c6ccccc6c6c(-c7ccccc7)c(-c7ccccc7)oc6c5c4)cc3)c3cccc4c3Cc3c(-c5ccccc5)cccc3-4)cc2)cc1. The lowest BCUT2D eigenvalue weighted by atomic mass is 9.91. The van der Waals surface area contributed by atoms with Gasteiger partial charge in [-0.05, 0) is 114 Å². The van der Waals surface area contributed by atoms with Gasteiger partial charge >= 0.3 is 0 Å². The third-order valence-corrected chi connectivity index (χ3v) is 13.7. The quantitative estimate of drug-likeness (QED) is 0.142. The van der Waals surface area contributed by atoms with Gasteiger partial charge in [0.25, 0.3) is 0 Å². The number of nitrogens with zero attached hydrogens (tertiary/aromatic N) is 1. The van der Waals surface area contributed by atoms with Crippen LogP contribution in [0.1, 0.15) is 11.1 Å². The molecule has 11 aromatic carbocycles. The topological polar surface area (TPSA) is 16.4 Å². The maximum absolute atomic E-state index is 7.12. The summed E-state index contributed by atoms with van der Waals surface area (Å²) in [6, 6.07) is 90.0. The summed E-state index contributed by atoms with van der Waals surface area (Å²) in [5, 5.41) is 5.82. The van der Waals surface area contributed by atoms with Gasteiger partial charge in [-0.25, -0.2) is 0 Å². The summed E-state index contributed by atoms with van der Waals surface area (Å²) >= 11 is 0. The smallest absolute Gasteiger partial charge is 0.143 e. The maximum atomic E-state index is 7.12. The van der Waals surface area contributed by atoms with Gasteiger partial charge in [-0.1, -0.05) is 212 Å². The van der Waals surface area contributed by atoms with Crippen LogP contribution in [0.15, 0.2) is 253 Å². The Balaban J connectivity index is 0.951. The highest BCUT2D eigenvalue weighted by atomic mass is 16.3. The van der Waals surface area contributed by atoms with Crippen LogP contribution in [0.4, 0.5) is 17.1 Å². The third-order valence-electron chi connectivity index (χ3n) is 13.7. The molecule has 1 aromatic heterocycles. The molecular weight excluding hydrogens is 811 g/mol. The van der Waals surface area contributed by atoms with Gasteiger partial charge in [0.15, 0.2) is 0 Å². The number of rotatable bonds is 8. The van der Waals surface area contributed by atoms with E-state index in [1.807, 2.05) is 0 Å². The monoisotopic (exact) mass is 853 g/mol. The number of anilines is 3. The molecule has 2 nitrogen and oxygen atoms in total. The predicted molar refractivity (Wildman–Crippen MR) is 281 cm³/mol. The maximum Gasteiger partial charge on any atom is 0.143 e. The molecule has 0 N–H and O–H groups in total. The van der Waals surface area contributed by atoms with E-state index in [2.05, 4.69) is 254 Å². The number of hydrogen-bond donors (Lipinski definition) is 0. The summed E-state index contributed by atoms with van der Waals surface area (Å²) < 4.78 is 7.12. The van der Waals surface area contributed by atoms with Gasteiger partial charge in [-0.3, -0.25) is 0 Å². The second kappa shape index (κ2) is 16.1. The average Bonchev–Trinajstić information content (AvgIpc) is 4.01. The summed E-state index contributed by atoms with van der Waals surface area (Å²) in [7, 11) is 0. The zero-order valence-corrected chi connectivity index (χ0v) is 36.7. The van der Waals surface area contributed by atoms with Crippen molar-refractivity contribution in [1.82, 2.24) is 0 Å². The molecule has 13 rings (SSSR count). The zero-order valence-electron chi connectivity index (χ0n) is 36.7. The highest BCUT2D eigenvalue weighted by Crippen LogP contribution is 2.50. The van der Waals surface area contributed by atoms with E-state index in [1.54, 1.807) is 0 Å². The lowest BCUT2D eigenvalue weighted by Gasteiger charge is -2.28. The Labute approximate surface area is 390 Å². The summed E-state index contributed by atoms with van der Waals surface area (Å²) in [6.45, 7) is 0. The molecule has 0 atom stereocenters. The van der Waals surface area contributed by atoms with Crippen LogP contribution in [0, 0.1) is 0 Å². The number of fused-ring (bicyclic) bond motifs is 9. The predicted octanol–water partition coefficient (Wildman–Crippen LogP) is 18.1. The zero-order chi connectivity index (χ0) is 44.3. The van der Waals surface area contributed by atoms with Crippen molar-refractivity contribution in [3.05, 3.63) is 260 Å². The van der Waals surface area contributed by atoms with Crippen LogP contribution >= 0.6 is 0 Å². The minimum atomic E-state index is 0.855. The molecule has 1 aliphatic carbocycles. The molecule has 1 aliphatic rings. The van der Waals surface area contributed by atoms with E-state index in [4.69, 9.17) is 4.42 Å². The van der Waals surface area contributed by atoms with Gasteiger partial charge in [0.1, 0.15) is 11.3 Å². The summed E-state index contributed by atoms with van der Waals surface area (Å²) in [5.74, 6) is 0.887. The number of benzene rings is 11. The Morgan fingerprint density at radius 2 is 0.791 bits per heavy atom. The largest absolute Gasteiger partial charge is 0.455 e. The van der Waals surface area contributed by atoms with Crippen molar-refractivity contribution in [2.45, 2.75) is 6.42 Å². The van der Waals surface area contributed by atoms with Crippen molar-refractivity contribution >= 4 is 49.6 Å². The van der Waals surface area contributed by atoms with Crippen LogP contribution in [-0.2, 0) is 6.42 Å². The van der Waals surface area contributed by atoms with E-state index in [0.29, 0.717) is 0 Å². The van der Waals surface area contributed by atoms with E-state index in [0.717, 1.165) is 67.7 Å². The Bertz CT molecular complexity index is 3780. The summed E-state index contributed by atoms with van der Waals surface area (Å²) in [6.07, 6.45) is 0.855. The first-order valence-corrected chi connectivity index (χ1v) is 23.1. The van der Waals surface area contributed by atoms with Gasteiger partial charge in [0.05, 0.1) is 5.69 Å². The van der Waals surface area contributed by atoms with Crippen LogP contribution in [-0.4, -0.2) is 0 Å². The summed E-state index contributed by atoms with van der Waals surface area (Å²) in [5.41, 5.74) is 20.2. The fourth-order valence-corrected chi connectivity index (χ4v) is 10.6. The Morgan fingerprint density at radius 1 is 0.313 bits per heavy atom. The molecule has 0 saturated carbocycles. The van der Waals surface area contributed by atoms with E-state index >= 15 is 0 Å². The van der Waals surface area contributed by atoms with Crippen LogP contribution in [0.3, 0.4) is 0 Å². The lowest BCUT2D eigenvalue weighted by molar-refractivity contribution is 0.636. The van der Waals surface area contributed by atoms with Crippen LogP contribution in [0.25, 0.3) is 99.5 Å². The van der Waals surface area contributed by atoms with Crippen LogP contribution in [0.2, 0.25) is 0 Å². The van der Waals surface area contributed by atoms with Gasteiger partial charge in [-0.2, -0.15) is 0 Å². The van der Waals surface area contributed by atoms with Crippen molar-refractivity contribution < 1.29 is 4.42 Å². The number of hydrogen-bond acceptors (Lipinski definition) is 2. The second-order valence-electron chi connectivity index (χ2n) is 17.5. The van der Waals surface area contributed by atoms with Crippen molar-refractivity contribution in [1.29, 1.82) is 0 Å². The molecule has 1 heterocycles. The molecule has 0 fully saturated rings. The van der Waals surface area contributed by atoms with E-state index in [1.165, 1.54) is 66.4 Å². The molecular formula is C65H43NO. The number of furan rings is 1. The first-order chi connectivity index (χ1) is 33.2. The molecule has 67 heavy (non-hydrogen) atoms. The average molecular weight is 854 g/mol. The second-order valence-corrected chi connectivity index (χ2v) is 17.5. The molecule has 0 saturated heterocycles. The van der Waals surface area contributed by atoms with Gasteiger partial charge in [0, 0.05) is 39.7 Å². The molecule has 314 valence electrons. The van der Waals surface area contributed by atoms with Gasteiger partial charge < -0.3 is 9.32 Å². The van der Waals surface area contributed by atoms with Crippen molar-refractivity contribution in [2.75, 3.05) is 4.90 Å². The van der Waals surface area contributed by atoms with Crippen molar-refractivity contribution in [2.24, 2.45) is 0 Å². The van der Waals surface area contributed by atoms with Crippen molar-refractivity contribution in [3.8, 4) is 67.0 Å². The molecule has 0 radical (unpaired) electrons. The lowest BCUT2D eigenvalue weighted by Crippen LogP contribution is -2.12. The standard InChI is InChI=1S/C65H43NO/c1-5-17-43(18-6-1)44-31-36-50(37-32-44)66(61-30-16-29-55-54-28-15-27-52(58(54)42-59(55)61)46-19-7-2-8-20-46)51-38-33-45(34-39-51)49-35-40-56-53-25-13-14-26-57(53)63-62(47-21-9-3-10-22-47)64(48-23-11-4-12-24-48)67-65(63)60(56)41-49/h1-41H,42H2. The molecule has 0 bridgehead atoms. The summed E-state index contributed by atoms with van der Waals surface area (Å²) in [4.78, 5) is 2.45. The highest BCUT2D eigenvalue weighted by Gasteiger charge is 2.28. The normalized spacial score (nSPS) is 11.8. The van der Waals surface area contributed by atoms with E-state index < -0.39 is 0 Å². The van der Waals surface area contributed by atoms with Crippen LogP contribution < -0.4 is 4.90 Å². The minimum absolute atomic E-state index is 0.855. The van der Waals surface area contributed by atoms with E-state index in [-0.39, 0.29) is 0 Å². The fraction of sp³-hybridized carbons (Fsp3) is 0.0154. The van der Waals surface area contributed by atoms with E-state index in [9.17, 15) is 0 Å². The molecule has 0 unspecified atom stereocenters. The molecule has 12 aromatic rings. The van der Waals surface area contributed by atoms with Gasteiger partial charge in [0.2, 0.25) is 0 Å². The minimum Gasteiger partial charge on any atom is -0.455 e. The Kier molecular flexibility index (Phi) is 9.28. The Morgan fingerprint density at radius 3 is 1.45 bits per heavy atom. The third kappa shape index (κ3) is 6.57. The molecule has 2 heteroatoms. The fourth-order valence-electron chi connectivity index (χ4n) is 10.6. The van der Waals surface area contributed by atoms with Crippen LogP contribution in [0.5, 0.6) is 0 Å². The highest BCUT2D eigenvalue weighted by molar-refractivity contribution is 6.28.